The van der Waals surface area contributed by atoms with E-state index in [0.29, 0.717) is 37.5 Å². The minimum atomic E-state index is -0.681. The molecule has 0 bridgehead atoms. The number of carbonyl (C=O) groups is 1. The largest absolute Gasteiger partial charge is 0.497 e. The van der Waals surface area contributed by atoms with Gasteiger partial charge in [-0.3, -0.25) is 4.79 Å². The number of hydrogen-bond acceptors (Lipinski definition) is 6. The maximum atomic E-state index is 12.0. The van der Waals surface area contributed by atoms with Crippen LogP contribution in [0, 0.1) is 0 Å². The average molecular weight is 418 g/mol. The van der Waals surface area contributed by atoms with Gasteiger partial charge in [0.25, 0.3) is 0 Å². The minimum absolute atomic E-state index is 0.0929. The zero-order valence-electron chi connectivity index (χ0n) is 17.8. The van der Waals surface area contributed by atoms with Gasteiger partial charge in [0.1, 0.15) is 5.75 Å². The van der Waals surface area contributed by atoms with Gasteiger partial charge in [-0.1, -0.05) is 18.2 Å². The Morgan fingerprint density at radius 2 is 1.67 bits per heavy atom. The van der Waals surface area contributed by atoms with Crippen molar-refractivity contribution in [2.75, 3.05) is 34.5 Å². The van der Waals surface area contributed by atoms with E-state index in [0.717, 1.165) is 16.9 Å². The number of amides is 1. The zero-order valence-corrected chi connectivity index (χ0v) is 17.8. The number of rotatable bonds is 13. The van der Waals surface area contributed by atoms with Crippen molar-refractivity contribution in [3.63, 3.8) is 0 Å². The molecule has 0 spiro atoms. The van der Waals surface area contributed by atoms with E-state index in [-0.39, 0.29) is 18.9 Å². The van der Waals surface area contributed by atoms with Crippen LogP contribution in [0.25, 0.3) is 0 Å². The third kappa shape index (κ3) is 7.93. The number of nitrogens with one attached hydrogen (secondary N) is 1. The smallest absolute Gasteiger partial charge is 0.220 e. The molecule has 0 aliphatic rings. The quantitative estimate of drug-likeness (QED) is 0.521. The second kappa shape index (κ2) is 12.7. The second-order valence-electron chi connectivity index (χ2n) is 6.84. The summed E-state index contributed by atoms with van der Waals surface area (Å²) in [6.07, 6.45) is 0.600. The lowest BCUT2D eigenvalue weighted by Gasteiger charge is -2.12. The normalized spacial score (nSPS) is 11.6. The van der Waals surface area contributed by atoms with Crippen LogP contribution in [0.2, 0.25) is 0 Å². The van der Waals surface area contributed by atoms with E-state index >= 15 is 0 Å². The van der Waals surface area contributed by atoms with E-state index in [9.17, 15) is 9.90 Å². The van der Waals surface area contributed by atoms with E-state index in [2.05, 4.69) is 5.32 Å². The van der Waals surface area contributed by atoms with Gasteiger partial charge in [-0.15, -0.1) is 0 Å². The van der Waals surface area contributed by atoms with Gasteiger partial charge < -0.3 is 29.4 Å². The van der Waals surface area contributed by atoms with Crippen molar-refractivity contribution in [1.29, 1.82) is 0 Å². The number of ether oxygens (including phenoxy) is 4. The maximum absolute atomic E-state index is 12.0. The Hall–Kier alpha value is -2.77. The van der Waals surface area contributed by atoms with Gasteiger partial charge in [-0.05, 0) is 48.2 Å². The van der Waals surface area contributed by atoms with Crippen LogP contribution in [0.5, 0.6) is 17.2 Å². The number of methoxy groups -OCH3 is 3. The predicted molar refractivity (Wildman–Crippen MR) is 114 cm³/mol. The van der Waals surface area contributed by atoms with Gasteiger partial charge in [0.15, 0.2) is 11.5 Å². The Bertz CT molecular complexity index is 778. The molecule has 1 amide bonds. The first-order chi connectivity index (χ1) is 14.5. The standard InChI is InChI=1S/C23H31NO6/c1-27-20-8-4-18(5-9-20)15-30-16-19(25)7-11-23(26)24-13-12-17-6-10-21(28-2)22(14-17)29-3/h4-6,8-10,14,19,25H,7,11-13,15-16H2,1-3H3,(H,24,26)/t19-/m0/s1. The van der Waals surface area contributed by atoms with E-state index < -0.39 is 6.10 Å². The predicted octanol–water partition coefficient (Wildman–Crippen LogP) is 2.73. The number of benzene rings is 2. The summed E-state index contributed by atoms with van der Waals surface area (Å²) in [6.45, 7) is 1.10. The molecule has 2 aromatic carbocycles. The van der Waals surface area contributed by atoms with Gasteiger partial charge in [0.2, 0.25) is 5.91 Å². The molecule has 0 saturated carbocycles. The van der Waals surface area contributed by atoms with Crippen LogP contribution in [-0.2, 0) is 22.6 Å². The summed E-state index contributed by atoms with van der Waals surface area (Å²) < 4.78 is 21.1. The Morgan fingerprint density at radius 1 is 0.967 bits per heavy atom. The van der Waals surface area contributed by atoms with Crippen LogP contribution in [-0.4, -0.2) is 51.6 Å². The van der Waals surface area contributed by atoms with E-state index in [1.807, 2.05) is 42.5 Å². The van der Waals surface area contributed by atoms with Gasteiger partial charge >= 0.3 is 0 Å². The highest BCUT2D eigenvalue weighted by atomic mass is 16.5. The summed E-state index contributed by atoms with van der Waals surface area (Å²) >= 11 is 0. The topological polar surface area (TPSA) is 86.2 Å². The van der Waals surface area contributed by atoms with Crippen LogP contribution in [0.1, 0.15) is 24.0 Å². The van der Waals surface area contributed by atoms with E-state index in [4.69, 9.17) is 18.9 Å². The first-order valence-electron chi connectivity index (χ1n) is 9.92. The first-order valence-corrected chi connectivity index (χ1v) is 9.92. The van der Waals surface area contributed by atoms with Crippen molar-refractivity contribution in [1.82, 2.24) is 5.32 Å². The van der Waals surface area contributed by atoms with Crippen molar-refractivity contribution in [2.45, 2.75) is 32.0 Å². The molecule has 2 rings (SSSR count). The summed E-state index contributed by atoms with van der Waals surface area (Å²) in [5, 5.41) is 12.9. The van der Waals surface area contributed by atoms with Gasteiger partial charge in [0.05, 0.1) is 40.6 Å². The molecule has 0 fully saturated rings. The Kier molecular flexibility index (Phi) is 9.97. The maximum Gasteiger partial charge on any atom is 0.220 e. The fourth-order valence-corrected chi connectivity index (χ4v) is 2.89. The molecule has 0 aliphatic carbocycles. The number of carbonyl (C=O) groups excluding carboxylic acids is 1. The summed E-state index contributed by atoms with van der Waals surface area (Å²) in [4.78, 5) is 12.0. The SMILES string of the molecule is COc1ccc(COC[C@@H](O)CCC(=O)NCCc2ccc(OC)c(OC)c2)cc1. The third-order valence-electron chi connectivity index (χ3n) is 4.63. The first kappa shape index (κ1) is 23.5. The molecule has 0 aliphatic heterocycles. The van der Waals surface area contributed by atoms with Crippen molar-refractivity contribution in [2.24, 2.45) is 0 Å². The highest BCUT2D eigenvalue weighted by Gasteiger charge is 2.09. The van der Waals surface area contributed by atoms with Gasteiger partial charge in [-0.25, -0.2) is 0 Å². The molecule has 0 unspecified atom stereocenters. The molecule has 7 heteroatoms. The lowest BCUT2D eigenvalue weighted by atomic mass is 10.1. The zero-order chi connectivity index (χ0) is 21.8. The Morgan fingerprint density at radius 3 is 2.33 bits per heavy atom. The Labute approximate surface area is 177 Å². The minimum Gasteiger partial charge on any atom is -0.497 e. The summed E-state index contributed by atoms with van der Waals surface area (Å²) in [7, 11) is 4.81. The van der Waals surface area contributed by atoms with E-state index in [1.54, 1.807) is 21.3 Å². The molecule has 1 atom stereocenters. The molecule has 0 heterocycles. The molecule has 7 nitrogen and oxygen atoms in total. The molecule has 2 aromatic rings. The van der Waals surface area contributed by atoms with Crippen molar-refractivity contribution >= 4 is 5.91 Å². The lowest BCUT2D eigenvalue weighted by molar-refractivity contribution is -0.121. The molecule has 2 N–H and O–H groups in total. The fourth-order valence-electron chi connectivity index (χ4n) is 2.89. The van der Waals surface area contributed by atoms with Crippen LogP contribution < -0.4 is 19.5 Å². The van der Waals surface area contributed by atoms with Crippen molar-refractivity contribution < 1.29 is 28.8 Å². The molecular formula is C23H31NO6. The number of hydrogen-bond donors (Lipinski definition) is 2. The van der Waals surface area contributed by atoms with Crippen LogP contribution in [0.3, 0.4) is 0 Å². The van der Waals surface area contributed by atoms with E-state index in [1.165, 1.54) is 0 Å². The molecule has 0 radical (unpaired) electrons. The highest BCUT2D eigenvalue weighted by molar-refractivity contribution is 5.75. The fraction of sp³-hybridized carbons (Fsp3) is 0.435. The van der Waals surface area contributed by atoms with Crippen LogP contribution in [0.4, 0.5) is 0 Å². The number of aliphatic hydroxyl groups is 1. The van der Waals surface area contributed by atoms with Gasteiger partial charge in [-0.2, -0.15) is 0 Å². The molecular weight excluding hydrogens is 386 g/mol. The van der Waals surface area contributed by atoms with Gasteiger partial charge in [0, 0.05) is 13.0 Å². The molecule has 0 saturated heterocycles. The molecule has 30 heavy (non-hydrogen) atoms. The second-order valence-corrected chi connectivity index (χ2v) is 6.84. The summed E-state index contributed by atoms with van der Waals surface area (Å²) in [6, 6.07) is 13.2. The highest BCUT2D eigenvalue weighted by Crippen LogP contribution is 2.27. The van der Waals surface area contributed by atoms with Crippen LogP contribution >= 0.6 is 0 Å². The number of aliphatic hydroxyl groups excluding tert-OH is 1. The molecule has 0 aromatic heterocycles. The monoisotopic (exact) mass is 417 g/mol. The Balaban J connectivity index is 1.60. The average Bonchev–Trinajstić information content (AvgIpc) is 2.78. The van der Waals surface area contributed by atoms with Crippen molar-refractivity contribution in [3.05, 3.63) is 53.6 Å². The summed E-state index contributed by atoms with van der Waals surface area (Å²) in [5.74, 6) is 2.04. The summed E-state index contributed by atoms with van der Waals surface area (Å²) in [5.41, 5.74) is 2.04. The lowest BCUT2D eigenvalue weighted by Crippen LogP contribution is -2.27. The van der Waals surface area contributed by atoms with Crippen molar-refractivity contribution in [3.8, 4) is 17.2 Å². The third-order valence-corrected chi connectivity index (χ3v) is 4.63. The van der Waals surface area contributed by atoms with Crippen LogP contribution in [0.15, 0.2) is 42.5 Å². The molecule has 164 valence electrons.